The molecular weight excluding hydrogens is 649 g/mol. The molecule has 4 rings (SSSR count). The van der Waals surface area contributed by atoms with Crippen molar-refractivity contribution < 1.29 is 18.0 Å². The Morgan fingerprint density at radius 3 is 2.22 bits per heavy atom. The third-order valence-corrected chi connectivity index (χ3v) is 10.3. The Kier molecular flexibility index (Phi) is 10.4. The van der Waals surface area contributed by atoms with Crippen LogP contribution in [0.4, 0.5) is 5.69 Å². The highest BCUT2D eigenvalue weighted by atomic mass is 79.9. The summed E-state index contributed by atoms with van der Waals surface area (Å²) in [5.74, 6) is -0.811. The van der Waals surface area contributed by atoms with Crippen molar-refractivity contribution in [1.82, 2.24) is 10.2 Å². The van der Waals surface area contributed by atoms with Gasteiger partial charge in [0.1, 0.15) is 12.6 Å². The van der Waals surface area contributed by atoms with Crippen LogP contribution in [0.25, 0.3) is 0 Å². The molecule has 1 atom stereocenters. The zero-order chi connectivity index (χ0) is 29.7. The topological polar surface area (TPSA) is 86.8 Å². The Balaban J connectivity index is 1.70. The number of carbonyl (C=O) groups excluding carboxylic acids is 2. The molecule has 0 bridgehead atoms. The van der Waals surface area contributed by atoms with Gasteiger partial charge in [-0.2, -0.15) is 0 Å². The van der Waals surface area contributed by atoms with Gasteiger partial charge in [-0.05, 0) is 74.7 Å². The third-order valence-electron chi connectivity index (χ3n) is 7.21. The van der Waals surface area contributed by atoms with Gasteiger partial charge in [0.05, 0.1) is 20.6 Å². The van der Waals surface area contributed by atoms with Crippen LogP contribution < -0.4 is 9.62 Å². The Hall–Kier alpha value is -2.59. The molecule has 3 aromatic carbocycles. The van der Waals surface area contributed by atoms with Crippen molar-refractivity contribution in [2.45, 2.75) is 63.1 Å². The number of hydrogen-bond donors (Lipinski definition) is 1. The normalized spacial score (nSPS) is 14.5. The number of nitrogens with zero attached hydrogens (tertiary/aromatic N) is 2. The average molecular weight is 681 g/mol. The fraction of sp³-hybridized carbons (Fsp3) is 0.333. The number of hydrogen-bond acceptors (Lipinski definition) is 4. The number of halogens is 3. The highest BCUT2D eigenvalue weighted by Crippen LogP contribution is 2.31. The molecule has 1 fully saturated rings. The molecule has 3 aromatic rings. The van der Waals surface area contributed by atoms with Crippen molar-refractivity contribution in [3.05, 3.63) is 92.4 Å². The van der Waals surface area contributed by atoms with Crippen molar-refractivity contribution in [2.24, 2.45) is 0 Å². The van der Waals surface area contributed by atoms with E-state index in [0.29, 0.717) is 0 Å². The zero-order valence-electron chi connectivity index (χ0n) is 22.8. The van der Waals surface area contributed by atoms with Crippen LogP contribution in [0.5, 0.6) is 0 Å². The molecule has 7 nitrogen and oxygen atoms in total. The predicted octanol–water partition coefficient (Wildman–Crippen LogP) is 6.74. The first-order valence-electron chi connectivity index (χ1n) is 13.3. The minimum absolute atomic E-state index is 0.0217. The first-order chi connectivity index (χ1) is 19.5. The molecule has 1 aliphatic carbocycles. The van der Waals surface area contributed by atoms with E-state index in [0.717, 1.165) is 45.6 Å². The lowest BCUT2D eigenvalue weighted by atomic mass is 10.1. The van der Waals surface area contributed by atoms with E-state index in [9.17, 15) is 18.0 Å². The summed E-state index contributed by atoms with van der Waals surface area (Å²) in [7, 11) is -4.19. The summed E-state index contributed by atoms with van der Waals surface area (Å²) < 4.78 is 29.7. The summed E-state index contributed by atoms with van der Waals surface area (Å²) in [6.07, 6.45) is 3.91. The third kappa shape index (κ3) is 7.83. The molecule has 0 aliphatic heterocycles. The van der Waals surface area contributed by atoms with Gasteiger partial charge in [-0.15, -0.1) is 0 Å². The minimum Gasteiger partial charge on any atom is -0.352 e. The lowest BCUT2D eigenvalue weighted by Crippen LogP contribution is -2.52. The molecule has 218 valence electrons. The number of benzene rings is 3. The quantitative estimate of drug-likeness (QED) is 0.257. The van der Waals surface area contributed by atoms with Crippen LogP contribution in [-0.2, 0) is 26.2 Å². The Morgan fingerprint density at radius 1 is 0.976 bits per heavy atom. The monoisotopic (exact) mass is 679 g/mol. The summed E-state index contributed by atoms with van der Waals surface area (Å²) in [6.45, 7) is 3.09. The maximum absolute atomic E-state index is 14.0. The van der Waals surface area contributed by atoms with Gasteiger partial charge in [-0.3, -0.25) is 13.9 Å². The van der Waals surface area contributed by atoms with Crippen LogP contribution in [0, 0.1) is 6.92 Å². The number of nitrogens with one attached hydrogen (secondary N) is 1. The molecule has 0 radical (unpaired) electrons. The maximum atomic E-state index is 14.0. The fourth-order valence-electron chi connectivity index (χ4n) is 4.77. The average Bonchev–Trinajstić information content (AvgIpc) is 3.45. The van der Waals surface area contributed by atoms with E-state index in [-0.39, 0.29) is 39.1 Å². The van der Waals surface area contributed by atoms with Gasteiger partial charge in [0.15, 0.2) is 0 Å². The number of rotatable bonds is 10. The van der Waals surface area contributed by atoms with Crippen molar-refractivity contribution in [3.63, 3.8) is 0 Å². The lowest BCUT2D eigenvalue weighted by Gasteiger charge is -2.32. The van der Waals surface area contributed by atoms with Crippen LogP contribution >= 0.6 is 39.1 Å². The van der Waals surface area contributed by atoms with Crippen LogP contribution in [0.2, 0.25) is 10.0 Å². The van der Waals surface area contributed by atoms with Crippen LogP contribution in [0.3, 0.4) is 0 Å². The Morgan fingerprint density at radius 2 is 1.61 bits per heavy atom. The van der Waals surface area contributed by atoms with Gasteiger partial charge in [0.25, 0.3) is 10.0 Å². The van der Waals surface area contributed by atoms with E-state index >= 15 is 0 Å². The van der Waals surface area contributed by atoms with E-state index in [1.807, 2.05) is 31.2 Å². The van der Waals surface area contributed by atoms with Gasteiger partial charge >= 0.3 is 0 Å². The Labute approximate surface area is 260 Å². The first kappa shape index (κ1) is 31.3. The summed E-state index contributed by atoms with van der Waals surface area (Å²) in [4.78, 5) is 28.8. The second-order valence-electron chi connectivity index (χ2n) is 10.2. The number of sulfonamides is 1. The molecule has 2 amide bonds. The second-order valence-corrected chi connectivity index (χ2v) is 13.8. The molecule has 0 heterocycles. The summed E-state index contributed by atoms with van der Waals surface area (Å²) in [5, 5.41) is 3.47. The first-order valence-corrected chi connectivity index (χ1v) is 16.3. The number of aryl methyl sites for hydroxylation is 1. The largest absolute Gasteiger partial charge is 0.352 e. The standard InChI is InChI=1S/C30H32BrCl2N3O4S/c1-20-7-14-26(15-8-20)41(39,40)36(25-13-16-27(32)28(33)17-25)19-29(37)35(18-22-9-11-23(31)12-10-22)21(2)30(38)34-24-5-3-4-6-24/h7-17,21,24H,3-6,18-19H2,1-2H3,(H,34,38). The Bertz CT molecular complexity index is 1500. The molecule has 41 heavy (non-hydrogen) atoms. The second kappa shape index (κ2) is 13.6. The van der Waals surface area contributed by atoms with Crippen molar-refractivity contribution >= 4 is 66.7 Å². The van der Waals surface area contributed by atoms with Gasteiger partial charge < -0.3 is 10.2 Å². The van der Waals surface area contributed by atoms with Crippen LogP contribution in [0.1, 0.15) is 43.7 Å². The molecule has 1 N–H and O–H groups in total. The summed E-state index contributed by atoms with van der Waals surface area (Å²) in [5.41, 5.74) is 1.87. The fourth-order valence-corrected chi connectivity index (χ4v) is 6.73. The van der Waals surface area contributed by atoms with Crippen molar-refractivity contribution in [2.75, 3.05) is 10.8 Å². The van der Waals surface area contributed by atoms with Crippen molar-refractivity contribution in [1.29, 1.82) is 0 Å². The highest BCUT2D eigenvalue weighted by Gasteiger charge is 2.33. The van der Waals surface area contributed by atoms with E-state index in [1.165, 1.54) is 35.2 Å². The van der Waals surface area contributed by atoms with Crippen molar-refractivity contribution in [3.8, 4) is 0 Å². The molecule has 1 saturated carbocycles. The lowest BCUT2D eigenvalue weighted by molar-refractivity contribution is -0.139. The van der Waals surface area contributed by atoms with E-state index < -0.39 is 28.5 Å². The van der Waals surface area contributed by atoms with Gasteiger partial charge in [-0.25, -0.2) is 8.42 Å². The summed E-state index contributed by atoms with van der Waals surface area (Å²) in [6, 6.07) is 17.4. The molecular formula is C30H32BrCl2N3O4S. The molecule has 0 aromatic heterocycles. The molecule has 11 heteroatoms. The van der Waals surface area contributed by atoms with Crippen LogP contribution in [0.15, 0.2) is 76.1 Å². The summed E-state index contributed by atoms with van der Waals surface area (Å²) >= 11 is 15.8. The van der Waals surface area contributed by atoms with E-state index in [4.69, 9.17) is 23.2 Å². The highest BCUT2D eigenvalue weighted by molar-refractivity contribution is 9.10. The molecule has 1 aliphatic rings. The smallest absolute Gasteiger partial charge is 0.264 e. The molecule has 0 saturated heterocycles. The number of amides is 2. The maximum Gasteiger partial charge on any atom is 0.264 e. The van der Waals surface area contributed by atoms with E-state index in [2.05, 4.69) is 21.2 Å². The van der Waals surface area contributed by atoms with E-state index in [1.54, 1.807) is 19.1 Å². The number of carbonyl (C=O) groups is 2. The van der Waals surface area contributed by atoms with Gasteiger partial charge in [0.2, 0.25) is 11.8 Å². The van der Waals surface area contributed by atoms with Gasteiger partial charge in [-0.1, -0.05) is 81.8 Å². The number of anilines is 1. The SMILES string of the molecule is Cc1ccc(S(=O)(=O)N(CC(=O)N(Cc2ccc(Br)cc2)C(C)C(=O)NC2CCCC2)c2ccc(Cl)c(Cl)c2)cc1. The predicted molar refractivity (Wildman–Crippen MR) is 167 cm³/mol. The zero-order valence-corrected chi connectivity index (χ0v) is 26.7. The minimum atomic E-state index is -4.19. The van der Waals surface area contributed by atoms with Gasteiger partial charge in [0, 0.05) is 17.1 Å². The van der Waals surface area contributed by atoms with Crippen LogP contribution in [-0.4, -0.2) is 43.8 Å². The molecule has 0 spiro atoms. The molecule has 1 unspecified atom stereocenters.